The van der Waals surface area contributed by atoms with Gasteiger partial charge in [-0.15, -0.1) is 22.9 Å². The third-order valence-electron chi connectivity index (χ3n) is 3.53. The van der Waals surface area contributed by atoms with E-state index >= 15 is 0 Å². The Kier molecular flexibility index (Phi) is 4.43. The average molecular weight is 308 g/mol. The molecule has 0 unspecified atom stereocenters. The van der Waals surface area contributed by atoms with Crippen LogP contribution >= 0.6 is 22.9 Å². The topological polar surface area (TPSA) is 28.2 Å². The van der Waals surface area contributed by atoms with E-state index in [4.69, 9.17) is 11.6 Å². The molecular weight excluding hydrogens is 290 g/mol. The van der Waals surface area contributed by atoms with Gasteiger partial charge < -0.3 is 10.2 Å². The lowest BCUT2D eigenvalue weighted by atomic mass is 10.1. The molecule has 0 amide bonds. The first-order valence-electron chi connectivity index (χ1n) is 6.97. The molecule has 0 atom stereocenters. The number of nitrogens with one attached hydrogen (secondary N) is 1. The molecule has 106 valence electrons. The number of hydrogen-bond donors (Lipinski definition) is 1. The molecule has 0 aliphatic carbocycles. The number of hydrogen-bond acceptors (Lipinski definition) is 4. The number of anilines is 3. The van der Waals surface area contributed by atoms with Gasteiger partial charge in [-0.1, -0.05) is 0 Å². The van der Waals surface area contributed by atoms with Crippen LogP contribution in [0.25, 0.3) is 0 Å². The lowest BCUT2D eigenvalue weighted by Gasteiger charge is -2.28. The molecule has 1 aliphatic rings. The van der Waals surface area contributed by atoms with E-state index in [0.717, 1.165) is 16.5 Å². The molecule has 2 heterocycles. The molecule has 0 bridgehead atoms. The predicted molar refractivity (Wildman–Crippen MR) is 87.5 cm³/mol. The van der Waals surface area contributed by atoms with Crippen LogP contribution < -0.4 is 10.2 Å². The number of nitrogens with zero attached hydrogens (tertiary/aromatic N) is 2. The zero-order valence-corrected chi connectivity index (χ0v) is 12.9. The van der Waals surface area contributed by atoms with Gasteiger partial charge in [0.25, 0.3) is 0 Å². The predicted octanol–water partition coefficient (Wildman–Crippen LogP) is 4.62. The lowest BCUT2D eigenvalue weighted by molar-refractivity contribution is 0.578. The van der Waals surface area contributed by atoms with Crippen LogP contribution in [0.15, 0.2) is 29.6 Å². The number of benzene rings is 1. The van der Waals surface area contributed by atoms with Crippen LogP contribution in [0.2, 0.25) is 0 Å². The second kappa shape index (κ2) is 6.46. The zero-order valence-electron chi connectivity index (χ0n) is 11.3. The molecule has 1 aromatic heterocycles. The van der Waals surface area contributed by atoms with Crippen LogP contribution in [0.4, 0.5) is 16.5 Å². The number of thiazole rings is 1. The van der Waals surface area contributed by atoms with Gasteiger partial charge in [0.1, 0.15) is 0 Å². The lowest BCUT2D eigenvalue weighted by Crippen LogP contribution is -2.29. The van der Waals surface area contributed by atoms with Crippen molar-refractivity contribution >= 4 is 39.4 Å². The maximum atomic E-state index is 5.76. The van der Waals surface area contributed by atoms with E-state index < -0.39 is 0 Å². The Morgan fingerprint density at radius 1 is 1.15 bits per heavy atom. The second-order valence-electron chi connectivity index (χ2n) is 5.00. The van der Waals surface area contributed by atoms with Gasteiger partial charge in [-0.3, -0.25) is 0 Å². The molecule has 0 spiro atoms. The molecule has 0 radical (unpaired) electrons. The van der Waals surface area contributed by atoms with Gasteiger partial charge in [-0.05, 0) is 43.5 Å². The molecule has 0 saturated carbocycles. The van der Waals surface area contributed by atoms with Crippen LogP contribution in [0.3, 0.4) is 0 Å². The fourth-order valence-electron chi connectivity index (χ4n) is 2.46. The summed E-state index contributed by atoms with van der Waals surface area (Å²) in [5.74, 6) is 0.464. The molecule has 3 nitrogen and oxygen atoms in total. The number of aromatic nitrogens is 1. The summed E-state index contributed by atoms with van der Waals surface area (Å²) in [4.78, 5) is 6.86. The minimum atomic E-state index is 0.464. The first-order chi connectivity index (χ1) is 9.85. The SMILES string of the molecule is ClCc1csc(Nc2ccc(N3CCCCC3)cc2)n1. The minimum Gasteiger partial charge on any atom is -0.372 e. The highest BCUT2D eigenvalue weighted by Crippen LogP contribution is 2.25. The number of alkyl halides is 1. The van der Waals surface area contributed by atoms with Crippen LogP contribution in [-0.4, -0.2) is 18.1 Å². The van der Waals surface area contributed by atoms with Crippen LogP contribution in [0.1, 0.15) is 25.0 Å². The third kappa shape index (κ3) is 3.25. The highest BCUT2D eigenvalue weighted by molar-refractivity contribution is 7.13. The van der Waals surface area contributed by atoms with Crippen LogP contribution in [0.5, 0.6) is 0 Å². The molecule has 3 rings (SSSR count). The fraction of sp³-hybridized carbons (Fsp3) is 0.400. The Balaban J connectivity index is 1.66. The monoisotopic (exact) mass is 307 g/mol. The summed E-state index contributed by atoms with van der Waals surface area (Å²) in [6, 6.07) is 8.60. The Hall–Kier alpha value is -1.26. The van der Waals surface area contributed by atoms with Crippen molar-refractivity contribution in [3.8, 4) is 0 Å². The summed E-state index contributed by atoms with van der Waals surface area (Å²) in [5, 5.41) is 6.20. The quantitative estimate of drug-likeness (QED) is 0.836. The molecule has 1 aliphatic heterocycles. The summed E-state index contributed by atoms with van der Waals surface area (Å²) >= 11 is 7.35. The van der Waals surface area contributed by atoms with Gasteiger partial charge in [0.15, 0.2) is 5.13 Å². The highest BCUT2D eigenvalue weighted by Gasteiger charge is 2.10. The van der Waals surface area contributed by atoms with Gasteiger partial charge in [-0.2, -0.15) is 0 Å². The van der Waals surface area contributed by atoms with Crippen molar-refractivity contribution in [3.05, 3.63) is 35.3 Å². The Morgan fingerprint density at radius 3 is 2.55 bits per heavy atom. The van der Waals surface area contributed by atoms with E-state index in [0.29, 0.717) is 5.88 Å². The molecule has 1 N–H and O–H groups in total. The molecule has 20 heavy (non-hydrogen) atoms. The zero-order chi connectivity index (χ0) is 13.8. The van der Waals surface area contributed by atoms with Gasteiger partial charge in [0, 0.05) is 29.8 Å². The van der Waals surface area contributed by atoms with Crippen molar-refractivity contribution in [3.63, 3.8) is 0 Å². The van der Waals surface area contributed by atoms with Crippen molar-refractivity contribution in [1.29, 1.82) is 0 Å². The highest BCUT2D eigenvalue weighted by atomic mass is 35.5. The summed E-state index contributed by atoms with van der Waals surface area (Å²) in [6.45, 7) is 2.36. The number of piperidine rings is 1. The van der Waals surface area contributed by atoms with Gasteiger partial charge >= 0.3 is 0 Å². The Labute approximate surface area is 128 Å². The number of rotatable bonds is 4. The van der Waals surface area contributed by atoms with E-state index in [1.54, 1.807) is 11.3 Å². The fourth-order valence-corrected chi connectivity index (χ4v) is 3.42. The second-order valence-corrected chi connectivity index (χ2v) is 6.12. The average Bonchev–Trinajstić information content (AvgIpc) is 2.97. The van der Waals surface area contributed by atoms with E-state index in [2.05, 4.69) is 39.5 Å². The van der Waals surface area contributed by atoms with Gasteiger partial charge in [-0.25, -0.2) is 4.98 Å². The largest absolute Gasteiger partial charge is 0.372 e. The van der Waals surface area contributed by atoms with E-state index in [1.807, 2.05) is 5.38 Å². The van der Waals surface area contributed by atoms with Crippen molar-refractivity contribution < 1.29 is 0 Å². The van der Waals surface area contributed by atoms with E-state index in [9.17, 15) is 0 Å². The van der Waals surface area contributed by atoms with Gasteiger partial charge in [0.05, 0.1) is 11.6 Å². The summed E-state index contributed by atoms with van der Waals surface area (Å²) in [5.41, 5.74) is 3.31. The Morgan fingerprint density at radius 2 is 1.90 bits per heavy atom. The first kappa shape index (κ1) is 13.7. The summed E-state index contributed by atoms with van der Waals surface area (Å²) in [6.07, 6.45) is 3.98. The van der Waals surface area contributed by atoms with Crippen molar-refractivity contribution in [2.45, 2.75) is 25.1 Å². The third-order valence-corrected chi connectivity index (χ3v) is 4.61. The van der Waals surface area contributed by atoms with Gasteiger partial charge in [0.2, 0.25) is 0 Å². The molecular formula is C15H18ClN3S. The van der Waals surface area contributed by atoms with Crippen molar-refractivity contribution in [2.75, 3.05) is 23.3 Å². The van der Waals surface area contributed by atoms with Crippen molar-refractivity contribution in [1.82, 2.24) is 4.98 Å². The number of halogens is 1. The minimum absolute atomic E-state index is 0.464. The van der Waals surface area contributed by atoms with Crippen molar-refractivity contribution in [2.24, 2.45) is 0 Å². The molecule has 2 aromatic rings. The molecule has 1 saturated heterocycles. The summed E-state index contributed by atoms with van der Waals surface area (Å²) < 4.78 is 0. The first-order valence-corrected chi connectivity index (χ1v) is 8.39. The normalized spacial score (nSPS) is 15.3. The maximum absolute atomic E-state index is 5.76. The van der Waals surface area contributed by atoms with E-state index in [1.165, 1.54) is 38.0 Å². The van der Waals surface area contributed by atoms with E-state index in [-0.39, 0.29) is 0 Å². The smallest absolute Gasteiger partial charge is 0.187 e. The molecule has 1 fully saturated rings. The van der Waals surface area contributed by atoms with Crippen LogP contribution in [0, 0.1) is 0 Å². The molecule has 1 aromatic carbocycles. The standard InChI is InChI=1S/C15H18ClN3S/c16-10-13-11-20-15(18-13)17-12-4-6-14(7-5-12)19-8-2-1-3-9-19/h4-7,11H,1-3,8-10H2,(H,17,18). The maximum Gasteiger partial charge on any atom is 0.187 e. The summed E-state index contributed by atoms with van der Waals surface area (Å²) in [7, 11) is 0. The molecule has 5 heteroatoms. The Bertz CT molecular complexity index is 547. The van der Waals surface area contributed by atoms with Crippen LogP contribution in [-0.2, 0) is 5.88 Å².